The molecule has 0 fully saturated rings. The van der Waals surface area contributed by atoms with E-state index in [4.69, 9.17) is 5.11 Å². The Bertz CT molecular complexity index is 362. The van der Waals surface area contributed by atoms with Crippen LogP contribution in [-0.4, -0.2) is 29.1 Å². The standard InChI is InChI=1S/C12H18N2O2/c1-4-9(5-2)14(3)11-8-6-7-10(13-11)12(15)16/h6-9H,4-5H2,1-3H3,(H,15,16). The molecule has 0 aliphatic rings. The van der Waals surface area contributed by atoms with Crippen molar-refractivity contribution in [1.29, 1.82) is 0 Å². The predicted octanol–water partition coefficient (Wildman–Crippen LogP) is 2.40. The van der Waals surface area contributed by atoms with Gasteiger partial charge in [-0.15, -0.1) is 0 Å². The normalized spacial score (nSPS) is 10.5. The lowest BCUT2D eigenvalue weighted by Crippen LogP contribution is -2.31. The Morgan fingerprint density at radius 2 is 2.06 bits per heavy atom. The van der Waals surface area contributed by atoms with Crippen LogP contribution in [0.4, 0.5) is 5.82 Å². The second-order valence-electron chi connectivity index (χ2n) is 3.77. The molecule has 88 valence electrons. The molecule has 0 aliphatic carbocycles. The van der Waals surface area contributed by atoms with Crippen LogP contribution in [0.2, 0.25) is 0 Å². The smallest absolute Gasteiger partial charge is 0.354 e. The molecule has 1 rings (SSSR count). The van der Waals surface area contributed by atoms with Gasteiger partial charge in [0.25, 0.3) is 0 Å². The van der Waals surface area contributed by atoms with E-state index in [9.17, 15) is 4.79 Å². The molecule has 1 aromatic rings. The highest BCUT2D eigenvalue weighted by atomic mass is 16.4. The van der Waals surface area contributed by atoms with E-state index in [1.807, 2.05) is 18.0 Å². The summed E-state index contributed by atoms with van der Waals surface area (Å²) in [7, 11) is 1.95. The first-order chi connectivity index (χ1) is 7.60. The van der Waals surface area contributed by atoms with Gasteiger partial charge in [0, 0.05) is 13.1 Å². The Balaban J connectivity index is 2.94. The van der Waals surface area contributed by atoms with Gasteiger partial charge in [-0.05, 0) is 25.0 Å². The van der Waals surface area contributed by atoms with Gasteiger partial charge in [-0.2, -0.15) is 0 Å². The van der Waals surface area contributed by atoms with E-state index in [1.54, 1.807) is 6.07 Å². The van der Waals surface area contributed by atoms with E-state index < -0.39 is 5.97 Å². The third-order valence-electron chi connectivity index (χ3n) is 2.81. The summed E-state index contributed by atoms with van der Waals surface area (Å²) in [5.41, 5.74) is 0.0929. The molecule has 0 amide bonds. The lowest BCUT2D eigenvalue weighted by molar-refractivity contribution is 0.0690. The van der Waals surface area contributed by atoms with Crippen molar-refractivity contribution >= 4 is 11.8 Å². The molecule has 1 heterocycles. The van der Waals surface area contributed by atoms with Gasteiger partial charge in [-0.3, -0.25) is 0 Å². The second-order valence-corrected chi connectivity index (χ2v) is 3.77. The lowest BCUT2D eigenvalue weighted by atomic mass is 10.1. The Labute approximate surface area is 95.9 Å². The van der Waals surface area contributed by atoms with Gasteiger partial charge in [0.05, 0.1) is 0 Å². The highest BCUT2D eigenvalue weighted by molar-refractivity contribution is 5.85. The molecule has 1 N–H and O–H groups in total. The fraction of sp³-hybridized carbons (Fsp3) is 0.500. The molecular formula is C12H18N2O2. The number of pyridine rings is 1. The maximum Gasteiger partial charge on any atom is 0.354 e. The number of aromatic nitrogens is 1. The molecule has 0 atom stereocenters. The van der Waals surface area contributed by atoms with Crippen molar-refractivity contribution in [3.63, 3.8) is 0 Å². The van der Waals surface area contributed by atoms with Gasteiger partial charge in [0.1, 0.15) is 5.82 Å². The number of carboxylic acid groups (broad SMARTS) is 1. The van der Waals surface area contributed by atoms with Crippen LogP contribution in [0.1, 0.15) is 37.2 Å². The van der Waals surface area contributed by atoms with E-state index >= 15 is 0 Å². The monoisotopic (exact) mass is 222 g/mol. The zero-order chi connectivity index (χ0) is 12.1. The number of hydrogen-bond donors (Lipinski definition) is 1. The van der Waals surface area contributed by atoms with Crippen LogP contribution in [0.25, 0.3) is 0 Å². The number of rotatable bonds is 5. The molecule has 0 spiro atoms. The summed E-state index contributed by atoms with van der Waals surface area (Å²) < 4.78 is 0. The molecule has 0 aromatic carbocycles. The number of aromatic carboxylic acids is 1. The quantitative estimate of drug-likeness (QED) is 0.831. The van der Waals surface area contributed by atoms with E-state index in [0.29, 0.717) is 11.9 Å². The number of hydrogen-bond acceptors (Lipinski definition) is 3. The van der Waals surface area contributed by atoms with Crippen molar-refractivity contribution in [1.82, 2.24) is 4.98 Å². The van der Waals surface area contributed by atoms with Crippen molar-refractivity contribution < 1.29 is 9.90 Å². The molecule has 0 bridgehead atoms. The number of carbonyl (C=O) groups is 1. The Morgan fingerprint density at radius 1 is 1.44 bits per heavy atom. The zero-order valence-electron chi connectivity index (χ0n) is 9.97. The average molecular weight is 222 g/mol. The fourth-order valence-corrected chi connectivity index (χ4v) is 1.76. The van der Waals surface area contributed by atoms with Crippen LogP contribution in [0.15, 0.2) is 18.2 Å². The van der Waals surface area contributed by atoms with Gasteiger partial charge < -0.3 is 10.0 Å². The van der Waals surface area contributed by atoms with Gasteiger partial charge in [-0.1, -0.05) is 19.9 Å². The number of nitrogens with zero attached hydrogens (tertiary/aromatic N) is 2. The summed E-state index contributed by atoms with van der Waals surface area (Å²) in [5, 5.41) is 8.86. The Hall–Kier alpha value is -1.58. The summed E-state index contributed by atoms with van der Waals surface area (Å²) in [6.07, 6.45) is 2.04. The predicted molar refractivity (Wildman–Crippen MR) is 64.0 cm³/mol. The number of carboxylic acids is 1. The molecule has 1 aromatic heterocycles. The summed E-state index contributed by atoms with van der Waals surface area (Å²) in [5.74, 6) is -0.270. The summed E-state index contributed by atoms with van der Waals surface area (Å²) in [6.45, 7) is 4.23. The molecule has 16 heavy (non-hydrogen) atoms. The topological polar surface area (TPSA) is 53.4 Å². The van der Waals surface area contributed by atoms with Gasteiger partial charge in [0.15, 0.2) is 5.69 Å². The van der Waals surface area contributed by atoms with Crippen LogP contribution < -0.4 is 4.90 Å². The first-order valence-corrected chi connectivity index (χ1v) is 5.53. The molecule has 0 aliphatic heterocycles. The Morgan fingerprint density at radius 3 is 2.56 bits per heavy atom. The highest BCUT2D eigenvalue weighted by Crippen LogP contribution is 2.16. The van der Waals surface area contributed by atoms with Crippen molar-refractivity contribution in [2.75, 3.05) is 11.9 Å². The molecular weight excluding hydrogens is 204 g/mol. The molecule has 0 radical (unpaired) electrons. The molecule has 0 saturated heterocycles. The van der Waals surface area contributed by atoms with E-state index in [0.717, 1.165) is 12.8 Å². The largest absolute Gasteiger partial charge is 0.477 e. The maximum absolute atomic E-state index is 10.8. The van der Waals surface area contributed by atoms with Crippen molar-refractivity contribution in [3.05, 3.63) is 23.9 Å². The zero-order valence-corrected chi connectivity index (χ0v) is 9.97. The van der Waals surface area contributed by atoms with Crippen molar-refractivity contribution in [2.24, 2.45) is 0 Å². The van der Waals surface area contributed by atoms with E-state index in [1.165, 1.54) is 6.07 Å². The fourth-order valence-electron chi connectivity index (χ4n) is 1.76. The van der Waals surface area contributed by atoms with E-state index in [2.05, 4.69) is 18.8 Å². The molecule has 4 nitrogen and oxygen atoms in total. The Kier molecular flexibility index (Phi) is 4.28. The van der Waals surface area contributed by atoms with Crippen LogP contribution in [0, 0.1) is 0 Å². The SMILES string of the molecule is CCC(CC)N(C)c1cccc(C(=O)O)n1. The van der Waals surface area contributed by atoms with E-state index in [-0.39, 0.29) is 5.69 Å². The van der Waals surface area contributed by atoms with Crippen LogP contribution in [0.5, 0.6) is 0 Å². The van der Waals surface area contributed by atoms with Crippen LogP contribution in [-0.2, 0) is 0 Å². The molecule has 0 unspecified atom stereocenters. The molecule has 0 saturated carbocycles. The first-order valence-electron chi connectivity index (χ1n) is 5.53. The molecule has 4 heteroatoms. The number of anilines is 1. The minimum atomic E-state index is -0.986. The second kappa shape index (κ2) is 5.49. The van der Waals surface area contributed by atoms with Crippen molar-refractivity contribution in [3.8, 4) is 0 Å². The minimum absolute atomic E-state index is 0.0929. The highest BCUT2D eigenvalue weighted by Gasteiger charge is 2.13. The van der Waals surface area contributed by atoms with Crippen molar-refractivity contribution in [2.45, 2.75) is 32.7 Å². The van der Waals surface area contributed by atoms with Gasteiger partial charge in [0.2, 0.25) is 0 Å². The minimum Gasteiger partial charge on any atom is -0.477 e. The third kappa shape index (κ3) is 2.72. The average Bonchev–Trinajstić information content (AvgIpc) is 2.30. The first kappa shape index (κ1) is 12.5. The van der Waals surface area contributed by atoms with Gasteiger partial charge >= 0.3 is 5.97 Å². The van der Waals surface area contributed by atoms with Crippen LogP contribution >= 0.6 is 0 Å². The van der Waals surface area contributed by atoms with Gasteiger partial charge in [-0.25, -0.2) is 9.78 Å². The third-order valence-corrected chi connectivity index (χ3v) is 2.81. The van der Waals surface area contributed by atoms with Crippen LogP contribution in [0.3, 0.4) is 0 Å². The maximum atomic E-state index is 10.8. The summed E-state index contributed by atoms with van der Waals surface area (Å²) in [6, 6.07) is 5.47. The lowest BCUT2D eigenvalue weighted by Gasteiger charge is -2.27. The summed E-state index contributed by atoms with van der Waals surface area (Å²) >= 11 is 0. The summed E-state index contributed by atoms with van der Waals surface area (Å²) in [4.78, 5) is 17.0.